The Hall–Kier alpha value is -1.85. The molecule has 0 unspecified atom stereocenters. The normalized spacial score (nSPS) is 16.1. The first-order valence-electron chi connectivity index (χ1n) is 8.73. The van der Waals surface area contributed by atoms with Crippen LogP contribution < -0.4 is 9.46 Å². The van der Waals surface area contributed by atoms with Gasteiger partial charge in [0.2, 0.25) is 10.0 Å². The number of ether oxygens (including phenoxy) is 1. The van der Waals surface area contributed by atoms with Crippen LogP contribution in [0.15, 0.2) is 59.5 Å². The van der Waals surface area contributed by atoms with Crippen LogP contribution in [0.3, 0.4) is 0 Å². The Morgan fingerprint density at radius 1 is 0.960 bits per heavy atom. The molecule has 0 aliphatic heterocycles. The lowest BCUT2D eigenvalue weighted by atomic mass is 9.96. The van der Waals surface area contributed by atoms with E-state index >= 15 is 0 Å². The number of sulfonamides is 1. The van der Waals surface area contributed by atoms with E-state index in [4.69, 9.17) is 4.74 Å². The zero-order valence-corrected chi connectivity index (χ0v) is 15.6. The number of nitrogens with one attached hydrogen (secondary N) is 1. The average molecular weight is 359 g/mol. The van der Waals surface area contributed by atoms with Crippen molar-refractivity contribution in [3.8, 4) is 5.75 Å². The largest absolute Gasteiger partial charge is 0.490 e. The second-order valence-corrected chi connectivity index (χ2v) is 8.77. The molecule has 0 heterocycles. The van der Waals surface area contributed by atoms with Gasteiger partial charge in [-0.15, -0.1) is 0 Å². The van der Waals surface area contributed by atoms with Crippen LogP contribution in [0.25, 0.3) is 0 Å². The van der Waals surface area contributed by atoms with Crippen molar-refractivity contribution in [2.24, 2.45) is 0 Å². The number of rotatable bonds is 6. The molecular weight excluding hydrogens is 334 g/mol. The Morgan fingerprint density at radius 2 is 1.56 bits per heavy atom. The van der Waals surface area contributed by atoms with Crippen LogP contribution in [-0.4, -0.2) is 14.5 Å². The summed E-state index contributed by atoms with van der Waals surface area (Å²) in [6.07, 6.45) is 4.82. The summed E-state index contributed by atoms with van der Waals surface area (Å²) in [7, 11) is -3.62. The fourth-order valence-corrected chi connectivity index (χ4v) is 4.61. The van der Waals surface area contributed by atoms with Crippen LogP contribution in [0.1, 0.15) is 45.1 Å². The van der Waals surface area contributed by atoms with Gasteiger partial charge in [-0.2, -0.15) is 0 Å². The maximum atomic E-state index is 12.7. The van der Waals surface area contributed by atoms with E-state index in [-0.39, 0.29) is 11.0 Å². The molecule has 134 valence electrons. The van der Waals surface area contributed by atoms with Gasteiger partial charge in [-0.05, 0) is 69.4 Å². The van der Waals surface area contributed by atoms with Crippen molar-refractivity contribution >= 4 is 10.0 Å². The van der Waals surface area contributed by atoms with Gasteiger partial charge in [-0.1, -0.05) is 30.3 Å². The minimum absolute atomic E-state index is 0.246. The number of benzene rings is 2. The Labute approximate surface area is 150 Å². The molecule has 2 aromatic carbocycles. The predicted octanol–water partition coefficient (Wildman–Crippen LogP) is 4.22. The van der Waals surface area contributed by atoms with Crippen molar-refractivity contribution in [2.75, 3.05) is 0 Å². The molecule has 0 atom stereocenters. The van der Waals surface area contributed by atoms with Crippen LogP contribution in [-0.2, 0) is 15.6 Å². The van der Waals surface area contributed by atoms with Gasteiger partial charge in [-0.3, -0.25) is 0 Å². The van der Waals surface area contributed by atoms with Gasteiger partial charge in [0, 0.05) is 0 Å². The third-order valence-electron chi connectivity index (χ3n) is 4.62. The molecule has 1 N–H and O–H groups in total. The highest BCUT2D eigenvalue weighted by molar-refractivity contribution is 7.89. The molecule has 3 rings (SSSR count). The van der Waals surface area contributed by atoms with E-state index < -0.39 is 15.6 Å². The highest BCUT2D eigenvalue weighted by Gasteiger charge is 2.28. The lowest BCUT2D eigenvalue weighted by Gasteiger charge is -2.26. The summed E-state index contributed by atoms with van der Waals surface area (Å²) in [6, 6.07) is 16.2. The maximum Gasteiger partial charge on any atom is 0.241 e. The number of hydrogen-bond donors (Lipinski definition) is 1. The molecule has 0 bridgehead atoms. The van der Waals surface area contributed by atoms with Crippen molar-refractivity contribution in [1.82, 2.24) is 4.72 Å². The topological polar surface area (TPSA) is 55.4 Å². The molecule has 0 radical (unpaired) electrons. The molecule has 1 saturated carbocycles. The SMILES string of the molecule is CC(C)(NS(=O)(=O)c1ccc(OC2CCCC2)cc1)c1ccccc1. The number of hydrogen-bond acceptors (Lipinski definition) is 3. The Bertz CT molecular complexity index is 793. The van der Waals surface area contributed by atoms with E-state index in [1.165, 1.54) is 12.8 Å². The van der Waals surface area contributed by atoms with E-state index in [0.29, 0.717) is 0 Å². The van der Waals surface area contributed by atoms with E-state index in [2.05, 4.69) is 4.72 Å². The van der Waals surface area contributed by atoms with E-state index in [0.717, 1.165) is 24.2 Å². The summed E-state index contributed by atoms with van der Waals surface area (Å²) in [6.45, 7) is 3.72. The molecule has 1 aliphatic carbocycles. The van der Waals surface area contributed by atoms with Gasteiger partial charge in [-0.25, -0.2) is 13.1 Å². The Morgan fingerprint density at radius 3 is 2.16 bits per heavy atom. The second-order valence-electron chi connectivity index (χ2n) is 7.09. The van der Waals surface area contributed by atoms with Crippen molar-refractivity contribution in [2.45, 2.75) is 56.1 Å². The van der Waals surface area contributed by atoms with Gasteiger partial charge < -0.3 is 4.74 Å². The van der Waals surface area contributed by atoms with Gasteiger partial charge in [0.05, 0.1) is 16.5 Å². The van der Waals surface area contributed by atoms with Gasteiger partial charge in [0.25, 0.3) is 0 Å². The van der Waals surface area contributed by atoms with Gasteiger partial charge >= 0.3 is 0 Å². The van der Waals surface area contributed by atoms with E-state index in [9.17, 15) is 8.42 Å². The third-order valence-corrected chi connectivity index (χ3v) is 6.30. The molecule has 0 saturated heterocycles. The highest BCUT2D eigenvalue weighted by atomic mass is 32.2. The van der Waals surface area contributed by atoms with E-state index in [1.807, 2.05) is 44.2 Å². The Kier molecular flexibility index (Phi) is 5.16. The molecule has 1 fully saturated rings. The smallest absolute Gasteiger partial charge is 0.241 e. The second kappa shape index (κ2) is 7.18. The van der Waals surface area contributed by atoms with Crippen LogP contribution in [0.5, 0.6) is 5.75 Å². The lowest BCUT2D eigenvalue weighted by Crippen LogP contribution is -2.40. The molecular formula is C20H25NO3S. The van der Waals surface area contributed by atoms with Crippen molar-refractivity contribution in [1.29, 1.82) is 0 Å². The molecule has 2 aromatic rings. The molecule has 0 aromatic heterocycles. The van der Waals surface area contributed by atoms with Crippen LogP contribution in [0, 0.1) is 0 Å². The third kappa shape index (κ3) is 4.41. The first-order chi connectivity index (χ1) is 11.9. The molecule has 5 heteroatoms. The summed E-state index contributed by atoms with van der Waals surface area (Å²) in [5.41, 5.74) is 0.221. The standard InChI is InChI=1S/C20H25NO3S/c1-20(2,16-8-4-3-5-9-16)21-25(22,23)19-14-12-18(13-15-19)24-17-10-6-7-11-17/h3-5,8-9,12-15,17,21H,6-7,10-11H2,1-2H3. The Balaban J connectivity index is 1.73. The zero-order valence-electron chi connectivity index (χ0n) is 14.7. The minimum Gasteiger partial charge on any atom is -0.490 e. The molecule has 25 heavy (non-hydrogen) atoms. The van der Waals surface area contributed by atoms with Crippen molar-refractivity contribution in [3.05, 3.63) is 60.2 Å². The zero-order chi connectivity index (χ0) is 17.9. The fourth-order valence-electron chi connectivity index (χ4n) is 3.20. The fraction of sp³-hybridized carbons (Fsp3) is 0.400. The van der Waals surface area contributed by atoms with Gasteiger partial charge in [0.15, 0.2) is 0 Å². The lowest BCUT2D eigenvalue weighted by molar-refractivity contribution is 0.210. The predicted molar refractivity (Wildman–Crippen MR) is 99.1 cm³/mol. The van der Waals surface area contributed by atoms with Crippen LogP contribution >= 0.6 is 0 Å². The van der Waals surface area contributed by atoms with Crippen LogP contribution in [0.2, 0.25) is 0 Å². The first kappa shape index (κ1) is 18.0. The van der Waals surface area contributed by atoms with Gasteiger partial charge in [0.1, 0.15) is 5.75 Å². The van der Waals surface area contributed by atoms with Crippen LogP contribution in [0.4, 0.5) is 0 Å². The highest BCUT2D eigenvalue weighted by Crippen LogP contribution is 2.26. The first-order valence-corrected chi connectivity index (χ1v) is 10.2. The quantitative estimate of drug-likeness (QED) is 0.840. The minimum atomic E-state index is -3.62. The summed E-state index contributed by atoms with van der Waals surface area (Å²) >= 11 is 0. The average Bonchev–Trinajstić information content (AvgIpc) is 3.08. The monoisotopic (exact) mass is 359 g/mol. The molecule has 4 nitrogen and oxygen atoms in total. The molecule has 0 amide bonds. The van der Waals surface area contributed by atoms with Crippen molar-refractivity contribution < 1.29 is 13.2 Å². The summed E-state index contributed by atoms with van der Waals surface area (Å²) in [4.78, 5) is 0.246. The van der Waals surface area contributed by atoms with E-state index in [1.54, 1.807) is 24.3 Å². The molecule has 1 aliphatic rings. The summed E-state index contributed by atoms with van der Waals surface area (Å²) in [5.74, 6) is 0.730. The summed E-state index contributed by atoms with van der Waals surface area (Å²) in [5, 5.41) is 0. The summed E-state index contributed by atoms with van der Waals surface area (Å²) < 4.78 is 34.1. The van der Waals surface area contributed by atoms with Crippen molar-refractivity contribution in [3.63, 3.8) is 0 Å². The maximum absolute atomic E-state index is 12.7. The molecule has 0 spiro atoms.